The molecule has 112 valence electrons. The molecule has 1 saturated heterocycles. The van der Waals surface area contributed by atoms with E-state index in [-0.39, 0.29) is 21.7 Å². The summed E-state index contributed by atoms with van der Waals surface area (Å²) in [6, 6.07) is 1.26. The lowest BCUT2D eigenvalue weighted by atomic mass is 9.96. The van der Waals surface area contributed by atoms with Crippen LogP contribution in [0.5, 0.6) is 0 Å². The normalized spacial score (nSPS) is 23.5. The van der Waals surface area contributed by atoms with Crippen LogP contribution >= 0.6 is 11.3 Å². The number of nitrogens with one attached hydrogen (secondary N) is 2. The molecule has 1 fully saturated rings. The SMILES string of the molecule is COC(=O)c1sccc1S(=O)(=O)NC1CNCCC1C. The van der Waals surface area contributed by atoms with E-state index in [4.69, 9.17) is 0 Å². The largest absolute Gasteiger partial charge is 0.465 e. The molecule has 8 heteroatoms. The number of esters is 1. The van der Waals surface area contributed by atoms with Gasteiger partial charge < -0.3 is 10.1 Å². The maximum atomic E-state index is 12.4. The Hall–Kier alpha value is -0.960. The van der Waals surface area contributed by atoms with Crippen LogP contribution in [0.3, 0.4) is 0 Å². The van der Waals surface area contributed by atoms with Crippen LogP contribution in [0, 0.1) is 5.92 Å². The summed E-state index contributed by atoms with van der Waals surface area (Å²) in [5.74, 6) is -0.374. The van der Waals surface area contributed by atoms with Gasteiger partial charge in [0.1, 0.15) is 9.77 Å². The number of methoxy groups -OCH3 is 1. The Labute approximate surface area is 122 Å². The van der Waals surface area contributed by atoms with Crippen molar-refractivity contribution in [1.29, 1.82) is 0 Å². The number of carbonyl (C=O) groups excluding carboxylic acids is 1. The van der Waals surface area contributed by atoms with Gasteiger partial charge >= 0.3 is 5.97 Å². The molecule has 0 amide bonds. The summed E-state index contributed by atoms with van der Waals surface area (Å²) in [5, 5.41) is 4.74. The monoisotopic (exact) mass is 318 g/mol. The summed E-state index contributed by atoms with van der Waals surface area (Å²) < 4.78 is 32.1. The molecule has 1 aliphatic rings. The van der Waals surface area contributed by atoms with Crippen molar-refractivity contribution in [2.24, 2.45) is 5.92 Å². The Balaban J connectivity index is 2.22. The molecule has 0 radical (unpaired) electrons. The fraction of sp³-hybridized carbons (Fsp3) is 0.583. The molecule has 1 aromatic heterocycles. The second-order valence-electron chi connectivity index (χ2n) is 4.80. The van der Waals surface area contributed by atoms with Gasteiger partial charge in [-0.2, -0.15) is 0 Å². The van der Waals surface area contributed by atoms with Crippen LogP contribution in [0.25, 0.3) is 0 Å². The molecule has 2 rings (SSSR count). The highest BCUT2D eigenvalue weighted by atomic mass is 32.2. The second-order valence-corrected chi connectivity index (χ2v) is 7.40. The number of hydrogen-bond acceptors (Lipinski definition) is 6. The van der Waals surface area contributed by atoms with Crippen molar-refractivity contribution in [2.75, 3.05) is 20.2 Å². The molecule has 0 bridgehead atoms. The third-order valence-corrected chi connectivity index (χ3v) is 5.98. The van der Waals surface area contributed by atoms with Crippen LogP contribution in [-0.2, 0) is 14.8 Å². The molecule has 0 aromatic carbocycles. The minimum absolute atomic E-state index is 0.00729. The lowest BCUT2D eigenvalue weighted by molar-refractivity contribution is 0.0602. The Bertz CT molecular complexity index is 582. The van der Waals surface area contributed by atoms with E-state index >= 15 is 0 Å². The summed E-state index contributed by atoms with van der Waals surface area (Å²) >= 11 is 1.06. The number of carbonyl (C=O) groups is 1. The van der Waals surface area contributed by atoms with Crippen LogP contribution in [-0.4, -0.2) is 40.6 Å². The quantitative estimate of drug-likeness (QED) is 0.803. The molecule has 2 unspecified atom stereocenters. The number of sulfonamides is 1. The highest BCUT2D eigenvalue weighted by molar-refractivity contribution is 7.89. The Kier molecular flexibility index (Phi) is 4.79. The van der Waals surface area contributed by atoms with E-state index < -0.39 is 16.0 Å². The zero-order chi connectivity index (χ0) is 14.8. The summed E-state index contributed by atoms with van der Waals surface area (Å²) in [5.41, 5.74) is 0. The fourth-order valence-corrected chi connectivity index (χ4v) is 4.84. The highest BCUT2D eigenvalue weighted by Gasteiger charge is 2.30. The smallest absolute Gasteiger partial charge is 0.349 e. The number of hydrogen-bond donors (Lipinski definition) is 2. The van der Waals surface area contributed by atoms with Gasteiger partial charge in [-0.1, -0.05) is 6.92 Å². The molecule has 1 aliphatic heterocycles. The first-order chi connectivity index (χ1) is 9.45. The van der Waals surface area contributed by atoms with Crippen LogP contribution in [0.2, 0.25) is 0 Å². The molecule has 6 nitrogen and oxygen atoms in total. The average Bonchev–Trinajstić information content (AvgIpc) is 2.90. The minimum Gasteiger partial charge on any atom is -0.465 e. The van der Waals surface area contributed by atoms with Crippen molar-refractivity contribution in [2.45, 2.75) is 24.3 Å². The van der Waals surface area contributed by atoms with E-state index in [1.807, 2.05) is 6.92 Å². The maximum Gasteiger partial charge on any atom is 0.349 e. The second kappa shape index (κ2) is 6.21. The van der Waals surface area contributed by atoms with E-state index in [1.54, 1.807) is 5.38 Å². The van der Waals surface area contributed by atoms with Crippen molar-refractivity contribution in [3.05, 3.63) is 16.3 Å². The van der Waals surface area contributed by atoms with Crippen molar-refractivity contribution in [3.8, 4) is 0 Å². The lowest BCUT2D eigenvalue weighted by Crippen LogP contribution is -2.50. The number of ether oxygens (including phenoxy) is 1. The van der Waals surface area contributed by atoms with Gasteiger partial charge in [0.15, 0.2) is 0 Å². The summed E-state index contributed by atoms with van der Waals surface area (Å²) in [6.45, 7) is 3.51. The molecular weight excluding hydrogens is 300 g/mol. The highest BCUT2D eigenvalue weighted by Crippen LogP contribution is 2.24. The van der Waals surface area contributed by atoms with Crippen LogP contribution in [0.15, 0.2) is 16.3 Å². The van der Waals surface area contributed by atoms with Gasteiger partial charge in [-0.3, -0.25) is 0 Å². The number of rotatable bonds is 4. The first-order valence-electron chi connectivity index (χ1n) is 6.34. The third-order valence-electron chi connectivity index (χ3n) is 3.42. The zero-order valence-corrected chi connectivity index (χ0v) is 13.0. The van der Waals surface area contributed by atoms with E-state index in [0.29, 0.717) is 6.54 Å². The van der Waals surface area contributed by atoms with Crippen molar-refractivity contribution >= 4 is 27.3 Å². The first-order valence-corrected chi connectivity index (χ1v) is 8.71. The van der Waals surface area contributed by atoms with Crippen LogP contribution in [0.1, 0.15) is 23.0 Å². The van der Waals surface area contributed by atoms with Crippen LogP contribution < -0.4 is 10.0 Å². The molecular formula is C12H18N2O4S2. The molecule has 1 aromatic rings. The van der Waals surface area contributed by atoms with E-state index in [0.717, 1.165) is 24.3 Å². The molecule has 2 atom stereocenters. The van der Waals surface area contributed by atoms with Gasteiger partial charge in [-0.05, 0) is 30.3 Å². The lowest BCUT2D eigenvalue weighted by Gasteiger charge is -2.29. The van der Waals surface area contributed by atoms with Crippen LogP contribution in [0.4, 0.5) is 0 Å². The van der Waals surface area contributed by atoms with Crippen molar-refractivity contribution in [3.63, 3.8) is 0 Å². The molecule has 0 saturated carbocycles. The van der Waals surface area contributed by atoms with E-state index in [2.05, 4.69) is 14.8 Å². The zero-order valence-electron chi connectivity index (χ0n) is 11.4. The van der Waals surface area contributed by atoms with Crippen molar-refractivity contribution < 1.29 is 17.9 Å². The maximum absolute atomic E-state index is 12.4. The topological polar surface area (TPSA) is 84.5 Å². The van der Waals surface area contributed by atoms with Gasteiger partial charge in [-0.25, -0.2) is 17.9 Å². The molecule has 0 aliphatic carbocycles. The predicted octanol–water partition coefficient (Wildman–Crippen LogP) is 0.811. The van der Waals surface area contributed by atoms with Gasteiger partial charge in [0, 0.05) is 12.6 Å². The molecule has 2 heterocycles. The Morgan fingerprint density at radius 3 is 2.95 bits per heavy atom. The van der Waals surface area contributed by atoms with Crippen molar-refractivity contribution in [1.82, 2.24) is 10.0 Å². The number of thiophene rings is 1. The van der Waals surface area contributed by atoms with Gasteiger partial charge in [0.25, 0.3) is 0 Å². The third kappa shape index (κ3) is 3.20. The van der Waals surface area contributed by atoms with E-state index in [9.17, 15) is 13.2 Å². The summed E-state index contributed by atoms with van der Waals surface area (Å²) in [4.78, 5) is 11.7. The molecule has 0 spiro atoms. The summed E-state index contributed by atoms with van der Waals surface area (Å²) in [7, 11) is -2.48. The molecule has 20 heavy (non-hydrogen) atoms. The molecule has 2 N–H and O–H groups in total. The fourth-order valence-electron chi connectivity index (χ4n) is 2.16. The number of piperidine rings is 1. The first kappa shape index (κ1) is 15.4. The van der Waals surface area contributed by atoms with Gasteiger partial charge in [-0.15, -0.1) is 11.3 Å². The summed E-state index contributed by atoms with van der Waals surface area (Å²) in [6.07, 6.45) is 0.917. The van der Waals surface area contributed by atoms with Gasteiger partial charge in [0.2, 0.25) is 10.0 Å². The Morgan fingerprint density at radius 2 is 2.30 bits per heavy atom. The minimum atomic E-state index is -3.72. The average molecular weight is 318 g/mol. The Morgan fingerprint density at radius 1 is 1.55 bits per heavy atom. The van der Waals surface area contributed by atoms with E-state index in [1.165, 1.54) is 13.2 Å². The standard InChI is InChI=1S/C12H18N2O4S2/c1-8-3-5-13-7-9(8)14-20(16,17)10-4-6-19-11(10)12(15)18-2/h4,6,8-9,13-14H,3,5,7H2,1-2H3. The van der Waals surface area contributed by atoms with Gasteiger partial charge in [0.05, 0.1) is 7.11 Å². The predicted molar refractivity (Wildman–Crippen MR) is 76.4 cm³/mol.